The Morgan fingerprint density at radius 2 is 1.78 bits per heavy atom. The van der Waals surface area contributed by atoms with Gasteiger partial charge in [0.25, 0.3) is 0 Å². The van der Waals surface area contributed by atoms with Gasteiger partial charge >= 0.3 is 0 Å². The molecule has 0 aliphatic rings. The van der Waals surface area contributed by atoms with Gasteiger partial charge in [-0.2, -0.15) is 4.98 Å². The molecule has 164 valence electrons. The lowest BCUT2D eigenvalue weighted by atomic mass is 10.3. The van der Waals surface area contributed by atoms with Crippen molar-refractivity contribution in [2.45, 2.75) is 6.92 Å². The molecule has 0 radical (unpaired) electrons. The number of hydrogen-bond donors (Lipinski definition) is 1. The number of nitrogens with zero attached hydrogens (tertiary/aromatic N) is 4. The fraction of sp³-hybridized carbons (Fsp3) is 0.136. The first-order valence-corrected chi connectivity index (χ1v) is 11.4. The maximum atomic E-state index is 12.3. The molecule has 0 aliphatic carbocycles. The second-order valence-electron chi connectivity index (χ2n) is 6.79. The molecule has 0 amide bonds. The standard InChI is InChI=1S/C22H21N5O4S/c1-17-24-21(27-12-11-23-16-27)15-22(25-17)31-20-9-7-18(8-10-20)26-32(28,29)14-13-30-19-5-3-2-4-6-19/h2-12,15-16,26H,13-14H2,1H3. The van der Waals surface area contributed by atoms with Crippen LogP contribution >= 0.6 is 0 Å². The number of aryl methyl sites for hydroxylation is 1. The monoisotopic (exact) mass is 451 g/mol. The van der Waals surface area contributed by atoms with Crippen LogP contribution in [0.25, 0.3) is 5.82 Å². The van der Waals surface area contributed by atoms with E-state index in [2.05, 4.69) is 19.7 Å². The Balaban J connectivity index is 1.36. The third-order valence-electron chi connectivity index (χ3n) is 4.28. The summed E-state index contributed by atoms with van der Waals surface area (Å²) in [5.41, 5.74) is 0.426. The smallest absolute Gasteiger partial charge is 0.236 e. The van der Waals surface area contributed by atoms with Gasteiger partial charge in [0.1, 0.15) is 41.8 Å². The molecule has 10 heteroatoms. The number of sulfonamides is 1. The molecule has 2 aromatic heterocycles. The normalized spacial score (nSPS) is 11.2. The van der Waals surface area contributed by atoms with Gasteiger partial charge in [0.05, 0.1) is 0 Å². The Kier molecular flexibility index (Phi) is 6.31. The maximum absolute atomic E-state index is 12.3. The number of hydrogen-bond acceptors (Lipinski definition) is 7. The van der Waals surface area contributed by atoms with Gasteiger partial charge in [-0.05, 0) is 43.3 Å². The number of rotatable bonds is 9. The molecule has 4 aromatic rings. The van der Waals surface area contributed by atoms with Crippen molar-refractivity contribution in [1.29, 1.82) is 0 Å². The maximum Gasteiger partial charge on any atom is 0.236 e. The molecule has 2 aromatic carbocycles. The van der Waals surface area contributed by atoms with Crippen molar-refractivity contribution in [2.75, 3.05) is 17.1 Å². The third kappa shape index (κ3) is 5.82. The fourth-order valence-corrected chi connectivity index (χ4v) is 3.73. The predicted octanol–water partition coefficient (Wildman–Crippen LogP) is 3.58. The second kappa shape index (κ2) is 9.48. The lowest BCUT2D eigenvalue weighted by Gasteiger charge is -2.11. The number of imidazole rings is 1. The molecular formula is C22H21N5O4S. The molecule has 0 bridgehead atoms. The van der Waals surface area contributed by atoms with Crippen LogP contribution in [0.2, 0.25) is 0 Å². The van der Waals surface area contributed by atoms with Gasteiger partial charge in [0, 0.05) is 24.1 Å². The van der Waals surface area contributed by atoms with E-state index in [4.69, 9.17) is 9.47 Å². The largest absolute Gasteiger partial charge is 0.492 e. The number of aromatic nitrogens is 4. The van der Waals surface area contributed by atoms with Crippen LogP contribution in [0.4, 0.5) is 5.69 Å². The highest BCUT2D eigenvalue weighted by atomic mass is 32.2. The van der Waals surface area contributed by atoms with Crippen molar-refractivity contribution < 1.29 is 17.9 Å². The number of benzene rings is 2. The Morgan fingerprint density at radius 3 is 2.50 bits per heavy atom. The van der Waals surface area contributed by atoms with Gasteiger partial charge in [0.2, 0.25) is 15.9 Å². The van der Waals surface area contributed by atoms with Gasteiger partial charge in [-0.15, -0.1) is 0 Å². The summed E-state index contributed by atoms with van der Waals surface area (Å²) < 4.78 is 40.2. The van der Waals surface area contributed by atoms with Gasteiger partial charge < -0.3 is 9.47 Å². The average Bonchev–Trinajstić information content (AvgIpc) is 3.30. The van der Waals surface area contributed by atoms with Crippen LogP contribution in [0, 0.1) is 6.92 Å². The summed E-state index contributed by atoms with van der Waals surface area (Å²) >= 11 is 0. The predicted molar refractivity (Wildman–Crippen MR) is 120 cm³/mol. The zero-order valence-electron chi connectivity index (χ0n) is 17.2. The first kappa shape index (κ1) is 21.3. The Bertz CT molecular complexity index is 1260. The van der Waals surface area contributed by atoms with Gasteiger partial charge in [-0.1, -0.05) is 18.2 Å². The van der Waals surface area contributed by atoms with Crippen LogP contribution in [0.3, 0.4) is 0 Å². The topological polar surface area (TPSA) is 108 Å². The Hall–Kier alpha value is -3.92. The van der Waals surface area contributed by atoms with E-state index in [-0.39, 0.29) is 12.4 Å². The minimum atomic E-state index is -3.56. The van der Waals surface area contributed by atoms with E-state index in [0.29, 0.717) is 34.7 Å². The molecule has 0 saturated carbocycles. The molecule has 1 N–H and O–H groups in total. The first-order valence-electron chi connectivity index (χ1n) is 9.77. The van der Waals surface area contributed by atoms with E-state index < -0.39 is 10.0 Å². The minimum absolute atomic E-state index is 0.0485. The molecule has 9 nitrogen and oxygen atoms in total. The summed E-state index contributed by atoms with van der Waals surface area (Å²) in [5, 5.41) is 0. The molecule has 0 atom stereocenters. The van der Waals surface area contributed by atoms with Gasteiger partial charge in [0.15, 0.2) is 0 Å². The Labute approximate surface area is 185 Å². The highest BCUT2D eigenvalue weighted by Crippen LogP contribution is 2.23. The van der Waals surface area contributed by atoms with Crippen molar-refractivity contribution in [3.8, 4) is 23.2 Å². The summed E-state index contributed by atoms with van der Waals surface area (Å²) in [7, 11) is -3.56. The molecule has 0 saturated heterocycles. The molecule has 0 spiro atoms. The van der Waals surface area contributed by atoms with Crippen molar-refractivity contribution in [3.05, 3.63) is 85.2 Å². The Morgan fingerprint density at radius 1 is 1.00 bits per heavy atom. The quantitative estimate of drug-likeness (QED) is 0.414. The van der Waals surface area contributed by atoms with Crippen LogP contribution in [0.5, 0.6) is 17.4 Å². The van der Waals surface area contributed by atoms with Crippen LogP contribution in [0.1, 0.15) is 5.82 Å². The number of nitrogens with one attached hydrogen (secondary N) is 1. The van der Waals surface area contributed by atoms with Crippen molar-refractivity contribution in [2.24, 2.45) is 0 Å². The van der Waals surface area contributed by atoms with Crippen molar-refractivity contribution >= 4 is 15.7 Å². The van der Waals surface area contributed by atoms with Crippen LogP contribution in [0.15, 0.2) is 79.4 Å². The number of ether oxygens (including phenoxy) is 2. The fourth-order valence-electron chi connectivity index (χ4n) is 2.83. The first-order chi connectivity index (χ1) is 15.5. The molecule has 0 fully saturated rings. The lowest BCUT2D eigenvalue weighted by molar-refractivity contribution is 0.341. The lowest BCUT2D eigenvalue weighted by Crippen LogP contribution is -2.21. The zero-order chi connectivity index (χ0) is 22.4. The summed E-state index contributed by atoms with van der Waals surface area (Å²) in [6.07, 6.45) is 5.07. The van der Waals surface area contributed by atoms with Crippen LogP contribution < -0.4 is 14.2 Å². The number of para-hydroxylation sites is 1. The minimum Gasteiger partial charge on any atom is -0.492 e. The summed E-state index contributed by atoms with van der Waals surface area (Å²) in [6, 6.07) is 17.3. The molecule has 0 unspecified atom stereocenters. The highest BCUT2D eigenvalue weighted by molar-refractivity contribution is 7.92. The summed E-state index contributed by atoms with van der Waals surface area (Å²) in [6.45, 7) is 1.82. The molecule has 32 heavy (non-hydrogen) atoms. The molecule has 2 heterocycles. The van der Waals surface area contributed by atoms with E-state index >= 15 is 0 Å². The van der Waals surface area contributed by atoms with Crippen molar-refractivity contribution in [3.63, 3.8) is 0 Å². The van der Waals surface area contributed by atoms with Gasteiger partial charge in [-0.3, -0.25) is 9.29 Å². The number of anilines is 1. The van der Waals surface area contributed by atoms with Crippen molar-refractivity contribution in [1.82, 2.24) is 19.5 Å². The van der Waals surface area contributed by atoms with E-state index in [0.717, 1.165) is 0 Å². The summed E-state index contributed by atoms with van der Waals surface area (Å²) in [5.74, 6) is 2.51. The van der Waals surface area contributed by atoms with E-state index in [9.17, 15) is 8.42 Å². The third-order valence-corrected chi connectivity index (χ3v) is 5.53. The molecule has 4 rings (SSSR count). The molecule has 0 aliphatic heterocycles. The second-order valence-corrected chi connectivity index (χ2v) is 8.63. The summed E-state index contributed by atoms with van der Waals surface area (Å²) in [4.78, 5) is 12.7. The van der Waals surface area contributed by atoms with Crippen LogP contribution in [-0.2, 0) is 10.0 Å². The zero-order valence-corrected chi connectivity index (χ0v) is 18.1. The van der Waals surface area contributed by atoms with E-state index in [1.807, 2.05) is 18.2 Å². The van der Waals surface area contributed by atoms with E-state index in [1.165, 1.54) is 0 Å². The SMILES string of the molecule is Cc1nc(Oc2ccc(NS(=O)(=O)CCOc3ccccc3)cc2)cc(-n2ccnc2)n1. The molecular weight excluding hydrogens is 430 g/mol. The highest BCUT2D eigenvalue weighted by Gasteiger charge is 2.12. The van der Waals surface area contributed by atoms with E-state index in [1.54, 1.807) is 72.7 Å². The van der Waals surface area contributed by atoms with Gasteiger partial charge in [-0.25, -0.2) is 18.4 Å². The average molecular weight is 452 g/mol. The van der Waals surface area contributed by atoms with Crippen LogP contribution in [-0.4, -0.2) is 40.3 Å².